The van der Waals surface area contributed by atoms with Crippen LogP contribution in [0, 0.1) is 32.6 Å². The maximum atomic E-state index is 6.23. The molecule has 0 aliphatic heterocycles. The van der Waals surface area contributed by atoms with E-state index in [-0.39, 0.29) is 0 Å². The Morgan fingerprint density at radius 3 is 2.46 bits per heavy atom. The van der Waals surface area contributed by atoms with Crippen molar-refractivity contribution in [2.24, 2.45) is 11.8 Å². The molecule has 5 rings (SSSR count). The molecule has 1 heteroatoms. The van der Waals surface area contributed by atoms with Crippen LogP contribution < -0.4 is 4.74 Å². The van der Waals surface area contributed by atoms with Gasteiger partial charge < -0.3 is 4.74 Å². The molecule has 2 aliphatic rings. The normalized spacial score (nSPS) is 21.9. The third-order valence-electron chi connectivity index (χ3n) is 7.08. The van der Waals surface area contributed by atoms with Crippen LogP contribution in [0.1, 0.15) is 46.2 Å². The molecule has 1 nitrogen and oxygen atoms in total. The Bertz CT molecular complexity index is 1040. The zero-order valence-electron chi connectivity index (χ0n) is 17.3. The molecule has 142 valence electrons. The molecular weight excluding hydrogens is 340 g/mol. The van der Waals surface area contributed by atoms with Gasteiger partial charge in [0.25, 0.3) is 0 Å². The van der Waals surface area contributed by atoms with Crippen LogP contribution in [-0.4, -0.2) is 0 Å². The Morgan fingerprint density at radius 1 is 0.929 bits per heavy atom. The lowest BCUT2D eigenvalue weighted by atomic mass is 9.91. The van der Waals surface area contributed by atoms with Crippen molar-refractivity contribution in [3.63, 3.8) is 0 Å². The summed E-state index contributed by atoms with van der Waals surface area (Å²) in [5.41, 5.74) is 11.0. The Hall–Kier alpha value is -2.54. The Kier molecular flexibility index (Phi) is 4.08. The summed E-state index contributed by atoms with van der Waals surface area (Å²) in [6.45, 7) is 9.61. The van der Waals surface area contributed by atoms with E-state index in [1.54, 1.807) is 5.56 Å². The first-order chi connectivity index (χ1) is 13.5. The standard InChI is InChI=1S/C27H28O/c1-16-7-5-8-17(2)26(16)23-10-6-9-20(18(23)3)15-28-22-11-12-24-21(13-22)14-25-19(4)27(24)25/h5-13,19,25,27H,14-15H2,1-4H3/t19-,25-,27-/m0/s1. The first kappa shape index (κ1) is 17.6. The van der Waals surface area contributed by atoms with Gasteiger partial charge in [0.15, 0.2) is 0 Å². The zero-order valence-corrected chi connectivity index (χ0v) is 17.3. The van der Waals surface area contributed by atoms with Crippen molar-refractivity contribution in [1.82, 2.24) is 0 Å². The maximum Gasteiger partial charge on any atom is 0.120 e. The van der Waals surface area contributed by atoms with Gasteiger partial charge in [-0.3, -0.25) is 0 Å². The molecule has 0 spiro atoms. The molecule has 1 fully saturated rings. The van der Waals surface area contributed by atoms with E-state index in [0.29, 0.717) is 6.61 Å². The second kappa shape index (κ2) is 6.51. The quantitative estimate of drug-likeness (QED) is 0.494. The highest BCUT2D eigenvalue weighted by Gasteiger charge is 2.52. The number of hydrogen-bond donors (Lipinski definition) is 0. The SMILES string of the molecule is Cc1cccc(C)c1-c1cccc(COc2ccc3c(c2)C[C@H]2[C@H](C)[C@@H]32)c1C. The predicted molar refractivity (Wildman–Crippen MR) is 116 cm³/mol. The lowest BCUT2D eigenvalue weighted by molar-refractivity contribution is 0.305. The number of benzene rings is 3. The Morgan fingerprint density at radius 2 is 1.68 bits per heavy atom. The van der Waals surface area contributed by atoms with Crippen LogP contribution in [0.4, 0.5) is 0 Å². The summed E-state index contributed by atoms with van der Waals surface area (Å²) < 4.78 is 6.23. The predicted octanol–water partition coefficient (Wildman–Crippen LogP) is 6.76. The van der Waals surface area contributed by atoms with Crippen LogP contribution in [-0.2, 0) is 13.0 Å². The molecule has 2 aliphatic carbocycles. The van der Waals surface area contributed by atoms with E-state index < -0.39 is 0 Å². The van der Waals surface area contributed by atoms with E-state index in [9.17, 15) is 0 Å². The summed E-state index contributed by atoms with van der Waals surface area (Å²) in [6, 6.07) is 19.9. The van der Waals surface area contributed by atoms with Crippen molar-refractivity contribution in [1.29, 1.82) is 0 Å². The Balaban J connectivity index is 1.38. The van der Waals surface area contributed by atoms with E-state index in [0.717, 1.165) is 23.5 Å². The number of fused-ring (bicyclic) bond motifs is 3. The average molecular weight is 369 g/mol. The van der Waals surface area contributed by atoms with Gasteiger partial charge in [0.2, 0.25) is 0 Å². The number of aryl methyl sites for hydroxylation is 2. The number of ether oxygens (including phenoxy) is 1. The van der Waals surface area contributed by atoms with Crippen LogP contribution in [0.3, 0.4) is 0 Å². The topological polar surface area (TPSA) is 9.23 Å². The van der Waals surface area contributed by atoms with Gasteiger partial charge in [0, 0.05) is 0 Å². The molecule has 3 atom stereocenters. The highest BCUT2D eigenvalue weighted by molar-refractivity contribution is 5.74. The van der Waals surface area contributed by atoms with Gasteiger partial charge in [-0.25, -0.2) is 0 Å². The minimum atomic E-state index is 0.618. The van der Waals surface area contributed by atoms with Crippen molar-refractivity contribution >= 4 is 0 Å². The largest absolute Gasteiger partial charge is 0.489 e. The summed E-state index contributed by atoms with van der Waals surface area (Å²) in [4.78, 5) is 0. The molecule has 1 saturated carbocycles. The molecule has 0 unspecified atom stereocenters. The average Bonchev–Trinajstić information content (AvgIpc) is 3.13. The molecule has 0 saturated heterocycles. The summed E-state index contributed by atoms with van der Waals surface area (Å²) >= 11 is 0. The van der Waals surface area contributed by atoms with Gasteiger partial charge in [-0.05, 0) is 102 Å². The highest BCUT2D eigenvalue weighted by atomic mass is 16.5. The summed E-state index contributed by atoms with van der Waals surface area (Å²) in [7, 11) is 0. The molecule has 28 heavy (non-hydrogen) atoms. The lowest BCUT2D eigenvalue weighted by Gasteiger charge is -2.16. The second-order valence-electron chi connectivity index (χ2n) is 8.76. The van der Waals surface area contributed by atoms with E-state index in [1.807, 2.05) is 0 Å². The number of hydrogen-bond acceptors (Lipinski definition) is 1. The van der Waals surface area contributed by atoms with Gasteiger partial charge in [-0.1, -0.05) is 49.4 Å². The fourth-order valence-electron chi connectivity index (χ4n) is 5.31. The van der Waals surface area contributed by atoms with Crippen LogP contribution in [0.15, 0.2) is 54.6 Å². The minimum absolute atomic E-state index is 0.618. The molecule has 0 aromatic heterocycles. The third kappa shape index (κ3) is 2.76. The zero-order chi connectivity index (χ0) is 19.4. The highest BCUT2D eigenvalue weighted by Crippen LogP contribution is 2.61. The van der Waals surface area contributed by atoms with Crippen molar-refractivity contribution in [3.8, 4) is 16.9 Å². The molecule has 3 aromatic carbocycles. The molecule has 0 N–H and O–H groups in total. The van der Waals surface area contributed by atoms with Gasteiger partial charge in [-0.15, -0.1) is 0 Å². The molecule has 0 amide bonds. The van der Waals surface area contributed by atoms with Crippen molar-refractivity contribution < 1.29 is 4.74 Å². The van der Waals surface area contributed by atoms with Crippen LogP contribution in [0.25, 0.3) is 11.1 Å². The number of rotatable bonds is 4. The van der Waals surface area contributed by atoms with Crippen LogP contribution >= 0.6 is 0 Å². The van der Waals surface area contributed by atoms with Crippen molar-refractivity contribution in [3.05, 3.63) is 88.0 Å². The van der Waals surface area contributed by atoms with Crippen molar-refractivity contribution in [2.45, 2.75) is 46.6 Å². The van der Waals surface area contributed by atoms with E-state index in [2.05, 4.69) is 82.3 Å². The lowest BCUT2D eigenvalue weighted by Crippen LogP contribution is -2.01. The van der Waals surface area contributed by atoms with Gasteiger partial charge in [-0.2, -0.15) is 0 Å². The molecule has 3 aromatic rings. The first-order valence-electron chi connectivity index (χ1n) is 10.5. The fourth-order valence-corrected chi connectivity index (χ4v) is 5.31. The van der Waals surface area contributed by atoms with Gasteiger partial charge in [0.1, 0.15) is 12.4 Å². The van der Waals surface area contributed by atoms with Gasteiger partial charge >= 0.3 is 0 Å². The third-order valence-corrected chi connectivity index (χ3v) is 7.08. The van der Waals surface area contributed by atoms with Crippen LogP contribution in [0.5, 0.6) is 5.75 Å². The summed E-state index contributed by atoms with van der Waals surface area (Å²) in [6.07, 6.45) is 1.24. The van der Waals surface area contributed by atoms with E-state index in [1.165, 1.54) is 45.4 Å². The molecule has 0 radical (unpaired) electrons. The monoisotopic (exact) mass is 368 g/mol. The molecular formula is C27H28O. The van der Waals surface area contributed by atoms with Crippen LogP contribution in [0.2, 0.25) is 0 Å². The first-order valence-corrected chi connectivity index (χ1v) is 10.5. The molecule has 0 heterocycles. The Labute approximate surface area is 168 Å². The summed E-state index contributed by atoms with van der Waals surface area (Å²) in [5.74, 6) is 3.60. The summed E-state index contributed by atoms with van der Waals surface area (Å²) in [5, 5.41) is 0. The fraction of sp³-hybridized carbons (Fsp3) is 0.333. The van der Waals surface area contributed by atoms with Crippen molar-refractivity contribution in [2.75, 3.05) is 0 Å². The van der Waals surface area contributed by atoms with E-state index in [4.69, 9.17) is 4.74 Å². The molecule has 0 bridgehead atoms. The van der Waals surface area contributed by atoms with E-state index >= 15 is 0 Å². The second-order valence-corrected chi connectivity index (χ2v) is 8.76. The smallest absolute Gasteiger partial charge is 0.120 e. The maximum absolute atomic E-state index is 6.23. The van der Waals surface area contributed by atoms with Gasteiger partial charge in [0.05, 0.1) is 0 Å². The minimum Gasteiger partial charge on any atom is -0.489 e.